The minimum Gasteiger partial charge on any atom is -0.342 e. The summed E-state index contributed by atoms with van der Waals surface area (Å²) in [5.41, 5.74) is 2.58. The summed E-state index contributed by atoms with van der Waals surface area (Å²) in [6, 6.07) is 12.1. The molecule has 25 heavy (non-hydrogen) atoms. The molecule has 132 valence electrons. The second-order valence-electron chi connectivity index (χ2n) is 6.31. The predicted octanol–water partition coefficient (Wildman–Crippen LogP) is 2.13. The Kier molecular flexibility index (Phi) is 5.83. The number of nitrogens with zero attached hydrogens (tertiary/aromatic N) is 2. The van der Waals surface area contributed by atoms with Crippen molar-refractivity contribution in [3.63, 3.8) is 0 Å². The highest BCUT2D eigenvalue weighted by molar-refractivity contribution is 7.12. The van der Waals surface area contributed by atoms with Gasteiger partial charge in [-0.1, -0.05) is 35.9 Å². The fraction of sp³-hybridized carbons (Fsp3) is 0.368. The molecule has 5 nitrogen and oxygen atoms in total. The van der Waals surface area contributed by atoms with E-state index in [1.807, 2.05) is 16.3 Å². The zero-order valence-corrected chi connectivity index (χ0v) is 15.2. The van der Waals surface area contributed by atoms with Gasteiger partial charge in [0.25, 0.3) is 5.91 Å². The molecule has 0 atom stereocenters. The maximum absolute atomic E-state index is 12.3. The lowest BCUT2D eigenvalue weighted by molar-refractivity contribution is -0.131. The molecule has 0 radical (unpaired) electrons. The first-order chi connectivity index (χ1) is 12.1. The number of thiophene rings is 1. The van der Waals surface area contributed by atoms with E-state index in [9.17, 15) is 9.59 Å². The molecule has 0 unspecified atom stereocenters. The zero-order valence-electron chi connectivity index (χ0n) is 14.4. The van der Waals surface area contributed by atoms with Gasteiger partial charge in [-0.05, 0) is 23.9 Å². The predicted molar refractivity (Wildman–Crippen MR) is 99.7 cm³/mol. The molecule has 0 aliphatic carbocycles. The van der Waals surface area contributed by atoms with Gasteiger partial charge >= 0.3 is 0 Å². The number of hydrogen-bond acceptors (Lipinski definition) is 4. The van der Waals surface area contributed by atoms with Gasteiger partial charge in [0.15, 0.2) is 0 Å². The Bertz CT molecular complexity index is 722. The number of carbonyl (C=O) groups is 2. The number of amides is 2. The van der Waals surface area contributed by atoms with Crippen molar-refractivity contribution in [1.29, 1.82) is 0 Å². The van der Waals surface area contributed by atoms with Gasteiger partial charge in [-0.2, -0.15) is 0 Å². The summed E-state index contributed by atoms with van der Waals surface area (Å²) in [4.78, 5) is 29.0. The quantitative estimate of drug-likeness (QED) is 0.892. The molecule has 1 saturated heterocycles. The highest BCUT2D eigenvalue weighted by atomic mass is 32.1. The average Bonchev–Trinajstić information content (AvgIpc) is 3.15. The van der Waals surface area contributed by atoms with Crippen LogP contribution in [0.15, 0.2) is 41.8 Å². The zero-order chi connectivity index (χ0) is 17.6. The van der Waals surface area contributed by atoms with Crippen LogP contribution >= 0.6 is 11.3 Å². The molecule has 0 saturated carbocycles. The maximum atomic E-state index is 12.3. The van der Waals surface area contributed by atoms with Crippen LogP contribution in [0.2, 0.25) is 0 Å². The molecule has 1 N–H and O–H groups in total. The van der Waals surface area contributed by atoms with Crippen LogP contribution < -0.4 is 5.32 Å². The van der Waals surface area contributed by atoms with Crippen molar-refractivity contribution >= 4 is 23.2 Å². The standard InChI is InChI=1S/C19H23N3O2S/c1-15-4-2-5-16(12-15)14-21-7-9-22(10-8-21)18(23)13-20-19(24)17-6-3-11-25-17/h2-6,11-12H,7-10,13-14H2,1H3,(H,20,24). The minimum absolute atomic E-state index is 0.0138. The summed E-state index contributed by atoms with van der Waals surface area (Å²) in [5, 5.41) is 4.56. The van der Waals surface area contributed by atoms with E-state index in [2.05, 4.69) is 41.4 Å². The van der Waals surface area contributed by atoms with Crippen LogP contribution in [0.25, 0.3) is 0 Å². The Morgan fingerprint density at radius 3 is 2.60 bits per heavy atom. The van der Waals surface area contributed by atoms with Gasteiger partial charge in [0.05, 0.1) is 11.4 Å². The van der Waals surface area contributed by atoms with Crippen LogP contribution in [0.4, 0.5) is 0 Å². The SMILES string of the molecule is Cc1cccc(CN2CCN(C(=O)CNC(=O)c3cccs3)CC2)c1. The van der Waals surface area contributed by atoms with Crippen molar-refractivity contribution in [2.75, 3.05) is 32.7 Å². The van der Waals surface area contributed by atoms with Crippen molar-refractivity contribution in [3.8, 4) is 0 Å². The molecule has 2 aromatic rings. The lowest BCUT2D eigenvalue weighted by atomic mass is 10.1. The first-order valence-electron chi connectivity index (χ1n) is 8.49. The van der Waals surface area contributed by atoms with E-state index in [0.29, 0.717) is 18.0 Å². The van der Waals surface area contributed by atoms with Crippen LogP contribution in [-0.4, -0.2) is 54.3 Å². The van der Waals surface area contributed by atoms with E-state index in [-0.39, 0.29) is 18.4 Å². The molecule has 2 heterocycles. The maximum Gasteiger partial charge on any atom is 0.261 e. The van der Waals surface area contributed by atoms with Gasteiger partial charge in [0.1, 0.15) is 0 Å². The number of rotatable bonds is 5. The lowest BCUT2D eigenvalue weighted by Crippen LogP contribution is -2.50. The first-order valence-corrected chi connectivity index (χ1v) is 9.37. The lowest BCUT2D eigenvalue weighted by Gasteiger charge is -2.34. The largest absolute Gasteiger partial charge is 0.342 e. The summed E-state index contributed by atoms with van der Waals surface area (Å²) < 4.78 is 0. The van der Waals surface area contributed by atoms with E-state index in [4.69, 9.17) is 0 Å². The third-order valence-electron chi connectivity index (χ3n) is 4.36. The Hall–Kier alpha value is -2.18. The van der Waals surface area contributed by atoms with Gasteiger partial charge in [-0.25, -0.2) is 0 Å². The smallest absolute Gasteiger partial charge is 0.261 e. The second kappa shape index (κ2) is 8.27. The van der Waals surface area contributed by atoms with Gasteiger partial charge < -0.3 is 10.2 Å². The molecule has 0 spiro atoms. The number of piperazine rings is 1. The van der Waals surface area contributed by atoms with E-state index in [0.717, 1.165) is 19.6 Å². The molecular formula is C19H23N3O2S. The van der Waals surface area contributed by atoms with Crippen molar-refractivity contribution in [2.24, 2.45) is 0 Å². The number of benzene rings is 1. The average molecular weight is 357 g/mol. The molecule has 0 bridgehead atoms. The van der Waals surface area contributed by atoms with E-state index >= 15 is 0 Å². The Morgan fingerprint density at radius 1 is 1.12 bits per heavy atom. The highest BCUT2D eigenvalue weighted by Gasteiger charge is 2.21. The van der Waals surface area contributed by atoms with Crippen molar-refractivity contribution in [3.05, 3.63) is 57.8 Å². The van der Waals surface area contributed by atoms with Crippen molar-refractivity contribution < 1.29 is 9.59 Å². The highest BCUT2D eigenvalue weighted by Crippen LogP contribution is 2.11. The molecule has 6 heteroatoms. The third kappa shape index (κ3) is 4.90. The van der Waals surface area contributed by atoms with Crippen molar-refractivity contribution in [2.45, 2.75) is 13.5 Å². The second-order valence-corrected chi connectivity index (χ2v) is 7.25. The summed E-state index contributed by atoms with van der Waals surface area (Å²) in [7, 11) is 0. The topological polar surface area (TPSA) is 52.6 Å². The van der Waals surface area contributed by atoms with Crippen LogP contribution in [0, 0.1) is 6.92 Å². The van der Waals surface area contributed by atoms with Gasteiger partial charge in [-0.3, -0.25) is 14.5 Å². The molecule has 1 aromatic carbocycles. The number of hydrogen-bond donors (Lipinski definition) is 1. The summed E-state index contributed by atoms with van der Waals surface area (Å²) in [6.45, 7) is 6.22. The Labute approximate surface area is 152 Å². The molecule has 1 aliphatic heterocycles. The molecule has 3 rings (SSSR count). The third-order valence-corrected chi connectivity index (χ3v) is 5.23. The summed E-state index contributed by atoms with van der Waals surface area (Å²) >= 11 is 1.38. The molecule has 1 aliphatic rings. The normalized spacial score (nSPS) is 15.2. The van der Waals surface area contributed by atoms with Gasteiger partial charge in [-0.15, -0.1) is 11.3 Å². The summed E-state index contributed by atoms with van der Waals surface area (Å²) in [6.07, 6.45) is 0. The molecule has 1 fully saturated rings. The first kappa shape index (κ1) is 17.6. The van der Waals surface area contributed by atoms with Crippen LogP contribution in [0.3, 0.4) is 0 Å². The van der Waals surface area contributed by atoms with E-state index < -0.39 is 0 Å². The molecule has 2 amide bonds. The van der Waals surface area contributed by atoms with Crippen molar-refractivity contribution in [1.82, 2.24) is 15.1 Å². The van der Waals surface area contributed by atoms with E-state index in [1.165, 1.54) is 22.5 Å². The van der Waals surface area contributed by atoms with Crippen LogP contribution in [0.1, 0.15) is 20.8 Å². The minimum atomic E-state index is -0.179. The van der Waals surface area contributed by atoms with Crippen LogP contribution in [-0.2, 0) is 11.3 Å². The number of nitrogens with one attached hydrogen (secondary N) is 1. The molecular weight excluding hydrogens is 334 g/mol. The van der Waals surface area contributed by atoms with E-state index in [1.54, 1.807) is 6.07 Å². The monoisotopic (exact) mass is 357 g/mol. The van der Waals surface area contributed by atoms with Gasteiger partial charge in [0.2, 0.25) is 5.91 Å². The Balaban J connectivity index is 1.42. The van der Waals surface area contributed by atoms with Gasteiger partial charge in [0, 0.05) is 32.7 Å². The number of carbonyl (C=O) groups excluding carboxylic acids is 2. The Morgan fingerprint density at radius 2 is 1.92 bits per heavy atom. The number of aryl methyl sites for hydroxylation is 1. The fourth-order valence-electron chi connectivity index (χ4n) is 2.99. The summed E-state index contributed by atoms with van der Waals surface area (Å²) in [5.74, 6) is -0.193. The molecule has 1 aromatic heterocycles. The fourth-order valence-corrected chi connectivity index (χ4v) is 3.63. The van der Waals surface area contributed by atoms with Crippen LogP contribution in [0.5, 0.6) is 0 Å².